The number of aromatic nitrogens is 3. The van der Waals surface area contributed by atoms with Crippen molar-refractivity contribution in [1.82, 2.24) is 14.1 Å². The summed E-state index contributed by atoms with van der Waals surface area (Å²) in [5.74, 6) is 1.26. The Balaban J connectivity index is 1.49. The quantitative estimate of drug-likeness (QED) is 0.155. The van der Waals surface area contributed by atoms with Gasteiger partial charge in [-0.3, -0.25) is 0 Å². The molecule has 0 unspecified atom stereocenters. The predicted octanol–water partition coefficient (Wildman–Crippen LogP) is 9.89. The van der Waals surface area contributed by atoms with Crippen molar-refractivity contribution in [2.75, 3.05) is 4.90 Å². The Morgan fingerprint density at radius 2 is 1.24 bits per heavy atom. The SMILES string of the molecule is Cn1ccn(-c2cccc(N(c3cccc(Oc4ccccn4)c3)c3c(-c4ccccc4)cccc3-c3ccccc3)c2)[c]1=[Pt]. The number of imidazole rings is 1. The number of ether oxygens (including phenoxy) is 1. The average Bonchev–Trinajstić information content (AvgIpc) is 3.44. The molecule has 7 rings (SSSR count). The van der Waals surface area contributed by atoms with E-state index in [0.717, 1.165) is 48.8 Å². The maximum atomic E-state index is 6.24. The predicted molar refractivity (Wildman–Crippen MR) is 178 cm³/mol. The third-order valence-corrected chi connectivity index (χ3v) is 8.97. The molecular formula is C39H30N4OPt. The molecule has 45 heavy (non-hydrogen) atoms. The van der Waals surface area contributed by atoms with Gasteiger partial charge in [-0.2, -0.15) is 0 Å². The zero-order valence-corrected chi connectivity index (χ0v) is 26.9. The molecule has 5 aromatic carbocycles. The van der Waals surface area contributed by atoms with Crippen LogP contribution in [0, 0.1) is 3.80 Å². The molecule has 0 spiro atoms. The van der Waals surface area contributed by atoms with Gasteiger partial charge in [-0.15, -0.1) is 0 Å². The molecule has 2 heterocycles. The van der Waals surface area contributed by atoms with Gasteiger partial charge in [0.1, 0.15) is 0 Å². The fourth-order valence-electron chi connectivity index (χ4n) is 5.52. The monoisotopic (exact) mass is 765 g/mol. The van der Waals surface area contributed by atoms with Gasteiger partial charge in [0.15, 0.2) is 0 Å². The van der Waals surface area contributed by atoms with Gasteiger partial charge < -0.3 is 0 Å². The Labute approximate surface area is 273 Å². The molecule has 0 saturated carbocycles. The second kappa shape index (κ2) is 12.8. The van der Waals surface area contributed by atoms with Crippen LogP contribution >= 0.6 is 0 Å². The van der Waals surface area contributed by atoms with Crippen LogP contribution in [-0.2, 0) is 26.4 Å². The first-order valence-corrected chi connectivity index (χ1v) is 15.8. The first-order valence-electron chi connectivity index (χ1n) is 14.7. The first kappa shape index (κ1) is 28.5. The van der Waals surface area contributed by atoms with Gasteiger partial charge in [0.05, 0.1) is 0 Å². The molecule has 0 saturated heterocycles. The standard InChI is InChI=1S/C39H30N4O.Pt/c1-41-25-26-42(29-41)32-17-10-18-33(27-32)43(34-19-11-20-35(28-34)44-38-23-8-9-24-40-38)39-36(30-13-4-2-5-14-30)21-12-22-37(39)31-15-6-3-7-16-31;/h2-28H,1H3;. The number of pyridine rings is 1. The Morgan fingerprint density at radius 1 is 0.622 bits per heavy atom. The van der Waals surface area contributed by atoms with Crippen molar-refractivity contribution >= 4 is 17.1 Å². The van der Waals surface area contributed by atoms with Crippen molar-refractivity contribution < 1.29 is 24.1 Å². The van der Waals surface area contributed by atoms with E-state index in [1.165, 1.54) is 0 Å². The van der Waals surface area contributed by atoms with Crippen molar-refractivity contribution in [3.8, 4) is 39.6 Å². The first-order chi connectivity index (χ1) is 22.2. The van der Waals surface area contributed by atoms with Gasteiger partial charge >= 0.3 is 256 Å². The number of para-hydroxylation sites is 1. The van der Waals surface area contributed by atoms with E-state index in [9.17, 15) is 0 Å². The zero-order chi connectivity index (χ0) is 30.6. The van der Waals surface area contributed by atoms with Crippen molar-refractivity contribution in [2.45, 2.75) is 0 Å². The number of anilines is 3. The third kappa shape index (κ3) is 5.95. The van der Waals surface area contributed by atoms with Crippen LogP contribution in [0.15, 0.2) is 164 Å². The number of benzene rings is 5. The van der Waals surface area contributed by atoms with Gasteiger partial charge in [-0.25, -0.2) is 0 Å². The van der Waals surface area contributed by atoms with E-state index in [1.54, 1.807) is 6.20 Å². The molecule has 0 atom stereocenters. The summed E-state index contributed by atoms with van der Waals surface area (Å²) >= 11 is 2.37. The molecule has 5 nitrogen and oxygen atoms in total. The van der Waals surface area contributed by atoms with Gasteiger partial charge in [0, 0.05) is 6.20 Å². The Bertz CT molecular complexity index is 2060. The molecule has 7 aromatic rings. The van der Waals surface area contributed by atoms with E-state index in [0.29, 0.717) is 11.6 Å². The second-order valence-corrected chi connectivity index (χ2v) is 11.6. The number of aryl methyl sites for hydroxylation is 1. The summed E-state index contributed by atoms with van der Waals surface area (Å²) in [4.78, 5) is 6.73. The number of nitrogens with zero attached hydrogens (tertiary/aromatic N) is 4. The van der Waals surface area contributed by atoms with Crippen LogP contribution in [0.4, 0.5) is 17.1 Å². The van der Waals surface area contributed by atoms with Crippen LogP contribution < -0.4 is 9.64 Å². The van der Waals surface area contributed by atoms with Crippen molar-refractivity contribution in [2.24, 2.45) is 7.05 Å². The third-order valence-electron chi connectivity index (χ3n) is 7.62. The summed E-state index contributed by atoms with van der Waals surface area (Å²) in [6.45, 7) is 0. The number of rotatable bonds is 8. The van der Waals surface area contributed by atoms with Gasteiger partial charge in [0.25, 0.3) is 0 Å². The average molecular weight is 766 g/mol. The topological polar surface area (TPSA) is 35.2 Å². The molecule has 6 heteroatoms. The summed E-state index contributed by atoms with van der Waals surface area (Å²) in [6, 6.07) is 50.3. The minimum absolute atomic E-state index is 0.549. The van der Waals surface area contributed by atoms with Crippen LogP contribution in [0.5, 0.6) is 11.6 Å². The molecule has 0 aliphatic rings. The van der Waals surface area contributed by atoms with Gasteiger partial charge in [0.2, 0.25) is 0 Å². The maximum absolute atomic E-state index is 6.24. The van der Waals surface area contributed by atoms with Crippen molar-refractivity contribution in [1.29, 1.82) is 0 Å². The van der Waals surface area contributed by atoms with Crippen molar-refractivity contribution in [3.63, 3.8) is 0 Å². The molecule has 0 aliphatic heterocycles. The Kier molecular flexibility index (Phi) is 8.09. The second-order valence-electron chi connectivity index (χ2n) is 10.6. The van der Waals surface area contributed by atoms with E-state index in [4.69, 9.17) is 4.74 Å². The van der Waals surface area contributed by atoms with Gasteiger partial charge in [-0.05, 0) is 6.07 Å². The van der Waals surface area contributed by atoms with E-state index < -0.39 is 0 Å². The van der Waals surface area contributed by atoms with E-state index >= 15 is 0 Å². The number of hydrogen-bond acceptors (Lipinski definition) is 3. The molecule has 0 amide bonds. The molecule has 2 aromatic heterocycles. The molecule has 0 fully saturated rings. The molecule has 0 N–H and O–H groups in total. The van der Waals surface area contributed by atoms with Crippen LogP contribution in [0.2, 0.25) is 0 Å². The molecular weight excluding hydrogens is 736 g/mol. The fourth-order valence-corrected chi connectivity index (χ4v) is 6.16. The summed E-state index contributed by atoms with van der Waals surface area (Å²) in [5.41, 5.74) is 8.67. The van der Waals surface area contributed by atoms with Gasteiger partial charge in [-0.1, -0.05) is 6.07 Å². The van der Waals surface area contributed by atoms with E-state index in [2.05, 4.69) is 173 Å². The molecule has 0 aliphatic carbocycles. The van der Waals surface area contributed by atoms with Crippen molar-refractivity contribution in [3.05, 3.63) is 168 Å². The fraction of sp³-hybridized carbons (Fsp3) is 0.0256. The summed E-state index contributed by atoms with van der Waals surface area (Å²) in [6.07, 6.45) is 5.91. The summed E-state index contributed by atoms with van der Waals surface area (Å²) < 4.78 is 11.7. The number of hydrogen-bond donors (Lipinski definition) is 0. The summed E-state index contributed by atoms with van der Waals surface area (Å²) in [5, 5.41) is 0. The summed E-state index contributed by atoms with van der Waals surface area (Å²) in [7, 11) is 2.06. The Morgan fingerprint density at radius 3 is 1.87 bits per heavy atom. The van der Waals surface area contributed by atoms with E-state index in [1.807, 2.05) is 30.3 Å². The minimum atomic E-state index is 0.549. The van der Waals surface area contributed by atoms with Crippen LogP contribution in [0.25, 0.3) is 27.9 Å². The normalized spacial score (nSPS) is 10.9. The van der Waals surface area contributed by atoms with E-state index in [-0.39, 0.29) is 0 Å². The van der Waals surface area contributed by atoms with Crippen LogP contribution in [-0.4, -0.2) is 14.1 Å². The molecule has 0 bridgehead atoms. The molecule has 0 radical (unpaired) electrons. The van der Waals surface area contributed by atoms with Crippen LogP contribution in [0.3, 0.4) is 0 Å². The Hall–Kier alpha value is -5.25. The zero-order valence-electron chi connectivity index (χ0n) is 24.6. The van der Waals surface area contributed by atoms with Crippen LogP contribution in [0.1, 0.15) is 0 Å². The molecule has 222 valence electrons.